The molecule has 4 nitrogen and oxygen atoms in total. The van der Waals surface area contributed by atoms with Gasteiger partial charge in [-0.1, -0.05) is 52.0 Å². The van der Waals surface area contributed by atoms with Crippen molar-refractivity contribution in [1.29, 1.82) is 0 Å². The van der Waals surface area contributed by atoms with Crippen molar-refractivity contribution in [2.75, 3.05) is 0 Å². The SMILES string of the molecule is CC.CC.O=C1c2ccccc2C(=O)c2c(O)c3c(c(O)c21)CCCC3. The molecule has 0 saturated heterocycles. The summed E-state index contributed by atoms with van der Waals surface area (Å²) in [6, 6.07) is 6.53. The third-order valence-electron chi connectivity index (χ3n) is 4.63. The Labute approximate surface area is 154 Å². The molecule has 0 unspecified atom stereocenters. The number of ketones is 2. The molecule has 4 rings (SSSR count). The van der Waals surface area contributed by atoms with Crippen LogP contribution in [0.5, 0.6) is 11.5 Å². The van der Waals surface area contributed by atoms with Gasteiger partial charge in [0, 0.05) is 22.3 Å². The van der Waals surface area contributed by atoms with Gasteiger partial charge in [-0.3, -0.25) is 9.59 Å². The number of phenols is 2. The Balaban J connectivity index is 0.000000570. The summed E-state index contributed by atoms with van der Waals surface area (Å²) in [7, 11) is 0. The van der Waals surface area contributed by atoms with E-state index in [1.807, 2.05) is 27.7 Å². The number of rotatable bonds is 0. The second kappa shape index (κ2) is 8.17. The normalized spacial score (nSPS) is 14.0. The molecular weight excluding hydrogens is 328 g/mol. The van der Waals surface area contributed by atoms with Crippen molar-refractivity contribution in [3.05, 3.63) is 57.6 Å². The highest BCUT2D eigenvalue weighted by molar-refractivity contribution is 6.30. The van der Waals surface area contributed by atoms with Crippen molar-refractivity contribution >= 4 is 11.6 Å². The minimum Gasteiger partial charge on any atom is -0.507 e. The van der Waals surface area contributed by atoms with E-state index >= 15 is 0 Å². The van der Waals surface area contributed by atoms with Crippen molar-refractivity contribution in [3.8, 4) is 11.5 Å². The largest absolute Gasteiger partial charge is 0.507 e. The van der Waals surface area contributed by atoms with Gasteiger partial charge in [0.05, 0.1) is 11.1 Å². The third kappa shape index (κ3) is 2.90. The fourth-order valence-corrected chi connectivity index (χ4v) is 3.56. The molecule has 0 radical (unpaired) electrons. The molecule has 2 aliphatic carbocycles. The topological polar surface area (TPSA) is 74.6 Å². The molecule has 4 heteroatoms. The second-order valence-corrected chi connectivity index (χ2v) is 5.82. The monoisotopic (exact) mass is 354 g/mol. The lowest BCUT2D eigenvalue weighted by molar-refractivity contribution is 0.0973. The van der Waals surface area contributed by atoms with Crippen molar-refractivity contribution in [1.82, 2.24) is 0 Å². The quantitative estimate of drug-likeness (QED) is 0.568. The molecule has 0 spiro atoms. The highest BCUT2D eigenvalue weighted by Crippen LogP contribution is 2.45. The van der Waals surface area contributed by atoms with Crippen LogP contribution in [0.15, 0.2) is 24.3 Å². The molecule has 0 saturated carbocycles. The molecule has 2 N–H and O–H groups in total. The molecule has 0 amide bonds. The van der Waals surface area contributed by atoms with E-state index in [2.05, 4.69) is 0 Å². The summed E-state index contributed by atoms with van der Waals surface area (Å²) < 4.78 is 0. The number of hydrogen-bond acceptors (Lipinski definition) is 4. The summed E-state index contributed by atoms with van der Waals surface area (Å²) in [6.45, 7) is 8.00. The lowest BCUT2D eigenvalue weighted by Crippen LogP contribution is -2.23. The van der Waals surface area contributed by atoms with Crippen LogP contribution in [0, 0.1) is 0 Å². The minimum absolute atomic E-state index is 0.0400. The Kier molecular flexibility index (Phi) is 6.19. The summed E-state index contributed by atoms with van der Waals surface area (Å²) in [4.78, 5) is 25.4. The van der Waals surface area contributed by atoms with Gasteiger partial charge in [0.2, 0.25) is 0 Å². The Morgan fingerprint density at radius 1 is 0.692 bits per heavy atom. The summed E-state index contributed by atoms with van der Waals surface area (Å²) in [5, 5.41) is 21.1. The summed E-state index contributed by atoms with van der Waals surface area (Å²) in [5.74, 6) is -1.05. The Morgan fingerprint density at radius 3 is 1.38 bits per heavy atom. The molecule has 0 heterocycles. The van der Waals surface area contributed by atoms with E-state index in [-0.39, 0.29) is 33.8 Å². The molecule has 138 valence electrons. The molecule has 26 heavy (non-hydrogen) atoms. The maximum atomic E-state index is 12.7. The summed E-state index contributed by atoms with van der Waals surface area (Å²) in [5.41, 5.74) is 1.71. The van der Waals surface area contributed by atoms with Crippen LogP contribution in [0.1, 0.15) is 83.5 Å². The predicted molar refractivity (Wildman–Crippen MR) is 102 cm³/mol. The van der Waals surface area contributed by atoms with Crippen LogP contribution in [0.25, 0.3) is 0 Å². The molecule has 0 aliphatic heterocycles. The lowest BCUT2D eigenvalue weighted by atomic mass is 9.78. The first-order chi connectivity index (χ1) is 12.6. The molecule has 2 aromatic rings. The van der Waals surface area contributed by atoms with Crippen molar-refractivity contribution in [3.63, 3.8) is 0 Å². The average Bonchev–Trinajstić information content (AvgIpc) is 2.72. The first-order valence-electron chi connectivity index (χ1n) is 9.39. The van der Waals surface area contributed by atoms with Crippen molar-refractivity contribution in [2.24, 2.45) is 0 Å². The Hall–Kier alpha value is -2.62. The van der Waals surface area contributed by atoms with Gasteiger partial charge in [0.25, 0.3) is 0 Å². The van der Waals surface area contributed by atoms with E-state index in [4.69, 9.17) is 0 Å². The van der Waals surface area contributed by atoms with E-state index < -0.39 is 11.6 Å². The van der Waals surface area contributed by atoms with Crippen LogP contribution in [0.3, 0.4) is 0 Å². The number of benzene rings is 2. The maximum Gasteiger partial charge on any atom is 0.198 e. The third-order valence-corrected chi connectivity index (χ3v) is 4.63. The van der Waals surface area contributed by atoms with Crippen molar-refractivity contribution < 1.29 is 19.8 Å². The zero-order chi connectivity index (χ0) is 19.4. The average molecular weight is 354 g/mol. The molecule has 0 atom stereocenters. The molecule has 0 fully saturated rings. The molecular formula is C22H26O4. The fourth-order valence-electron chi connectivity index (χ4n) is 3.56. The van der Waals surface area contributed by atoms with Gasteiger partial charge in [-0.2, -0.15) is 0 Å². The van der Waals surface area contributed by atoms with Crippen LogP contribution < -0.4 is 0 Å². The standard InChI is InChI=1S/C18H14O4.2C2H6/c19-15-9-5-1-2-6-10(9)16(20)14-13(15)17(21)11-7-3-4-8-12(11)18(14)22;2*1-2/h1-2,5-6,21-22H,3-4,7-8H2;2*1-2H3. The lowest BCUT2D eigenvalue weighted by Gasteiger charge is -2.26. The number of hydrogen-bond donors (Lipinski definition) is 2. The number of fused-ring (bicyclic) bond motifs is 3. The highest BCUT2D eigenvalue weighted by Gasteiger charge is 2.37. The van der Waals surface area contributed by atoms with Crippen LogP contribution in [-0.2, 0) is 12.8 Å². The van der Waals surface area contributed by atoms with Gasteiger partial charge < -0.3 is 10.2 Å². The highest BCUT2D eigenvalue weighted by atomic mass is 16.3. The van der Waals surface area contributed by atoms with E-state index in [1.165, 1.54) is 0 Å². The molecule has 2 aliphatic rings. The number of carbonyl (C=O) groups is 2. The van der Waals surface area contributed by atoms with Gasteiger partial charge in [-0.25, -0.2) is 0 Å². The smallest absolute Gasteiger partial charge is 0.198 e. The van der Waals surface area contributed by atoms with Crippen LogP contribution in [-0.4, -0.2) is 21.8 Å². The van der Waals surface area contributed by atoms with Gasteiger partial charge in [0.15, 0.2) is 11.6 Å². The first-order valence-corrected chi connectivity index (χ1v) is 9.39. The van der Waals surface area contributed by atoms with E-state index in [0.717, 1.165) is 12.8 Å². The zero-order valence-electron chi connectivity index (χ0n) is 15.8. The van der Waals surface area contributed by atoms with E-state index in [1.54, 1.807) is 24.3 Å². The Morgan fingerprint density at radius 2 is 1.04 bits per heavy atom. The van der Waals surface area contributed by atoms with Gasteiger partial charge in [-0.05, 0) is 25.7 Å². The van der Waals surface area contributed by atoms with Crippen LogP contribution in [0.2, 0.25) is 0 Å². The van der Waals surface area contributed by atoms with Gasteiger partial charge in [-0.15, -0.1) is 0 Å². The second-order valence-electron chi connectivity index (χ2n) is 5.82. The van der Waals surface area contributed by atoms with E-state index in [0.29, 0.717) is 24.0 Å². The number of aromatic hydroxyl groups is 2. The minimum atomic E-state index is -0.397. The zero-order valence-corrected chi connectivity index (χ0v) is 15.8. The first kappa shape index (κ1) is 19.7. The molecule has 2 aromatic carbocycles. The predicted octanol–water partition coefficient (Wildman–Crippen LogP) is 4.80. The summed E-state index contributed by atoms with van der Waals surface area (Å²) in [6.07, 6.45) is 3.03. The number of phenolic OH excluding ortho intramolecular Hbond substituents is 2. The van der Waals surface area contributed by atoms with Crippen molar-refractivity contribution in [2.45, 2.75) is 53.4 Å². The van der Waals surface area contributed by atoms with Crippen LogP contribution >= 0.6 is 0 Å². The molecule has 0 aromatic heterocycles. The maximum absolute atomic E-state index is 12.7. The van der Waals surface area contributed by atoms with Crippen LogP contribution in [0.4, 0.5) is 0 Å². The van der Waals surface area contributed by atoms with E-state index in [9.17, 15) is 19.8 Å². The summed E-state index contributed by atoms with van der Waals surface area (Å²) >= 11 is 0. The van der Waals surface area contributed by atoms with Gasteiger partial charge >= 0.3 is 0 Å². The van der Waals surface area contributed by atoms with Gasteiger partial charge in [0.1, 0.15) is 11.5 Å². The Bertz CT molecular complexity index is 780. The number of carbonyl (C=O) groups excluding carboxylic acids is 2. The fraction of sp³-hybridized carbons (Fsp3) is 0.364. The molecule has 0 bridgehead atoms.